The van der Waals surface area contributed by atoms with E-state index in [4.69, 9.17) is 0 Å². The molecule has 0 heterocycles. The van der Waals surface area contributed by atoms with Crippen molar-refractivity contribution in [1.29, 1.82) is 0 Å². The summed E-state index contributed by atoms with van der Waals surface area (Å²) in [5.74, 6) is 1.39. The van der Waals surface area contributed by atoms with Crippen LogP contribution in [0.2, 0.25) is 0 Å². The Kier molecular flexibility index (Phi) is 3.74. The zero-order valence-electron chi connectivity index (χ0n) is 10.1. The molecule has 1 rings (SSSR count). The topological polar surface area (TPSA) is 0 Å². The van der Waals surface area contributed by atoms with Gasteiger partial charge in [-0.1, -0.05) is 45.9 Å². The van der Waals surface area contributed by atoms with Crippen LogP contribution in [0.1, 0.15) is 50.3 Å². The standard InChI is InChI=1S/C14H22/c1-10(2)8-13-6-7-14(11(3)4)12(5)9-13/h6-7,9-11H,8H2,1-5H3. The van der Waals surface area contributed by atoms with Gasteiger partial charge in [0.1, 0.15) is 0 Å². The van der Waals surface area contributed by atoms with Crippen molar-refractivity contribution in [2.24, 2.45) is 5.92 Å². The molecule has 0 nitrogen and oxygen atoms in total. The molecule has 0 N–H and O–H groups in total. The highest BCUT2D eigenvalue weighted by atomic mass is 14.1. The normalized spacial score (nSPS) is 11.4. The number of rotatable bonds is 3. The summed E-state index contributed by atoms with van der Waals surface area (Å²) in [5.41, 5.74) is 4.40. The molecule has 0 aliphatic carbocycles. The largest absolute Gasteiger partial charge is 0.0625 e. The molecule has 0 spiro atoms. The third-order valence-electron chi connectivity index (χ3n) is 2.60. The summed E-state index contributed by atoms with van der Waals surface area (Å²) in [6.07, 6.45) is 1.19. The number of hydrogen-bond donors (Lipinski definition) is 0. The Bertz CT molecular complexity index is 295. The van der Waals surface area contributed by atoms with Crippen molar-refractivity contribution in [2.45, 2.75) is 47.0 Å². The van der Waals surface area contributed by atoms with E-state index < -0.39 is 0 Å². The highest BCUT2D eigenvalue weighted by Crippen LogP contribution is 2.21. The van der Waals surface area contributed by atoms with Crippen LogP contribution in [-0.4, -0.2) is 0 Å². The van der Waals surface area contributed by atoms with Crippen molar-refractivity contribution in [3.05, 3.63) is 34.9 Å². The molecule has 1 aromatic rings. The monoisotopic (exact) mass is 190 g/mol. The Labute approximate surface area is 88.4 Å². The fraction of sp³-hybridized carbons (Fsp3) is 0.571. The molecule has 0 unspecified atom stereocenters. The summed E-state index contributed by atoms with van der Waals surface area (Å²) in [7, 11) is 0. The molecule has 0 radical (unpaired) electrons. The fourth-order valence-electron chi connectivity index (χ4n) is 1.98. The molecule has 0 fully saturated rings. The summed E-state index contributed by atoms with van der Waals surface area (Å²) in [6, 6.07) is 6.91. The first-order chi connectivity index (χ1) is 6.50. The van der Waals surface area contributed by atoms with Gasteiger partial charge in [-0.05, 0) is 41.9 Å². The lowest BCUT2D eigenvalue weighted by Gasteiger charge is -2.12. The average Bonchev–Trinajstić information content (AvgIpc) is 2.01. The van der Waals surface area contributed by atoms with Crippen molar-refractivity contribution < 1.29 is 0 Å². The second kappa shape index (κ2) is 4.63. The predicted molar refractivity (Wildman–Crippen MR) is 63.8 cm³/mol. The Balaban J connectivity index is 2.89. The van der Waals surface area contributed by atoms with E-state index in [1.54, 1.807) is 0 Å². The molecule has 14 heavy (non-hydrogen) atoms. The molecule has 78 valence electrons. The van der Waals surface area contributed by atoms with Crippen molar-refractivity contribution in [3.63, 3.8) is 0 Å². The molecule has 0 saturated heterocycles. The maximum atomic E-state index is 2.34. The molecule has 0 heteroatoms. The second-order valence-corrected chi connectivity index (χ2v) is 4.94. The first-order valence-corrected chi connectivity index (χ1v) is 5.60. The van der Waals surface area contributed by atoms with Crippen LogP contribution in [0.4, 0.5) is 0 Å². The highest BCUT2D eigenvalue weighted by Gasteiger charge is 2.04. The third-order valence-corrected chi connectivity index (χ3v) is 2.60. The van der Waals surface area contributed by atoms with Gasteiger partial charge in [0.15, 0.2) is 0 Å². The summed E-state index contributed by atoms with van der Waals surface area (Å²) < 4.78 is 0. The van der Waals surface area contributed by atoms with E-state index >= 15 is 0 Å². The van der Waals surface area contributed by atoms with Gasteiger partial charge in [0, 0.05) is 0 Å². The van der Waals surface area contributed by atoms with Crippen molar-refractivity contribution in [3.8, 4) is 0 Å². The minimum Gasteiger partial charge on any atom is -0.0625 e. The van der Waals surface area contributed by atoms with Crippen LogP contribution in [-0.2, 0) is 6.42 Å². The van der Waals surface area contributed by atoms with Crippen LogP contribution >= 0.6 is 0 Å². The van der Waals surface area contributed by atoms with E-state index in [2.05, 4.69) is 52.8 Å². The van der Waals surface area contributed by atoms with Crippen molar-refractivity contribution in [1.82, 2.24) is 0 Å². The van der Waals surface area contributed by atoms with Gasteiger partial charge in [-0.3, -0.25) is 0 Å². The SMILES string of the molecule is Cc1cc(CC(C)C)ccc1C(C)C. The van der Waals surface area contributed by atoms with Gasteiger partial charge in [0.05, 0.1) is 0 Å². The lowest BCUT2D eigenvalue weighted by atomic mass is 9.93. The summed E-state index contributed by atoms with van der Waals surface area (Å²) in [5, 5.41) is 0. The Morgan fingerprint density at radius 2 is 1.71 bits per heavy atom. The predicted octanol–water partition coefficient (Wildman–Crippen LogP) is 4.32. The van der Waals surface area contributed by atoms with Crippen LogP contribution < -0.4 is 0 Å². The second-order valence-electron chi connectivity index (χ2n) is 4.94. The van der Waals surface area contributed by atoms with Gasteiger partial charge in [0.2, 0.25) is 0 Å². The number of hydrogen-bond acceptors (Lipinski definition) is 0. The van der Waals surface area contributed by atoms with Gasteiger partial charge in [-0.25, -0.2) is 0 Å². The molecule has 1 aromatic carbocycles. The minimum atomic E-state index is 0.642. The number of aryl methyl sites for hydroxylation is 1. The first kappa shape index (κ1) is 11.3. The van der Waals surface area contributed by atoms with Crippen LogP contribution in [0, 0.1) is 12.8 Å². The molecule has 0 aliphatic heterocycles. The van der Waals surface area contributed by atoms with Gasteiger partial charge < -0.3 is 0 Å². The molecule has 0 bridgehead atoms. The van der Waals surface area contributed by atoms with Crippen molar-refractivity contribution in [2.75, 3.05) is 0 Å². The quantitative estimate of drug-likeness (QED) is 0.666. The van der Waals surface area contributed by atoms with E-state index in [9.17, 15) is 0 Å². The maximum absolute atomic E-state index is 2.34. The van der Waals surface area contributed by atoms with E-state index in [0.29, 0.717) is 5.92 Å². The van der Waals surface area contributed by atoms with Crippen LogP contribution in [0.5, 0.6) is 0 Å². The molecule has 0 amide bonds. The molecular formula is C14H22. The van der Waals surface area contributed by atoms with Crippen LogP contribution in [0.25, 0.3) is 0 Å². The molecule has 0 aromatic heterocycles. The zero-order chi connectivity index (χ0) is 10.7. The molecular weight excluding hydrogens is 168 g/mol. The molecule has 0 atom stereocenters. The first-order valence-electron chi connectivity index (χ1n) is 5.60. The fourth-order valence-corrected chi connectivity index (χ4v) is 1.98. The average molecular weight is 190 g/mol. The third kappa shape index (κ3) is 2.87. The smallest absolute Gasteiger partial charge is 0.0216 e. The Morgan fingerprint density at radius 3 is 2.14 bits per heavy atom. The maximum Gasteiger partial charge on any atom is -0.0216 e. The van der Waals surface area contributed by atoms with Gasteiger partial charge >= 0.3 is 0 Å². The van der Waals surface area contributed by atoms with E-state index in [-0.39, 0.29) is 0 Å². The van der Waals surface area contributed by atoms with E-state index in [0.717, 1.165) is 5.92 Å². The highest BCUT2D eigenvalue weighted by molar-refractivity contribution is 5.33. The summed E-state index contributed by atoms with van der Waals surface area (Å²) in [4.78, 5) is 0. The van der Waals surface area contributed by atoms with Crippen LogP contribution in [0.15, 0.2) is 18.2 Å². The zero-order valence-corrected chi connectivity index (χ0v) is 10.1. The van der Waals surface area contributed by atoms with E-state index in [1.165, 1.54) is 23.1 Å². The minimum absolute atomic E-state index is 0.642. The van der Waals surface area contributed by atoms with Gasteiger partial charge in [-0.15, -0.1) is 0 Å². The van der Waals surface area contributed by atoms with Gasteiger partial charge in [-0.2, -0.15) is 0 Å². The van der Waals surface area contributed by atoms with Gasteiger partial charge in [0.25, 0.3) is 0 Å². The van der Waals surface area contributed by atoms with E-state index in [1.807, 2.05) is 0 Å². The number of benzene rings is 1. The molecule has 0 saturated carbocycles. The summed E-state index contributed by atoms with van der Waals surface area (Å²) >= 11 is 0. The lowest BCUT2D eigenvalue weighted by molar-refractivity contribution is 0.646. The molecule has 0 aliphatic rings. The lowest BCUT2D eigenvalue weighted by Crippen LogP contribution is -1.97. The van der Waals surface area contributed by atoms with Crippen molar-refractivity contribution >= 4 is 0 Å². The Morgan fingerprint density at radius 1 is 1.07 bits per heavy atom. The summed E-state index contributed by atoms with van der Waals surface area (Å²) in [6.45, 7) is 11.3. The Hall–Kier alpha value is -0.780. The van der Waals surface area contributed by atoms with Crippen LogP contribution in [0.3, 0.4) is 0 Å².